The summed E-state index contributed by atoms with van der Waals surface area (Å²) in [7, 11) is 0. The van der Waals surface area contributed by atoms with Crippen molar-refractivity contribution >= 4 is 58.2 Å². The number of carbonyl (C=O) groups excluding carboxylic acids is 1. The van der Waals surface area contributed by atoms with Crippen molar-refractivity contribution in [3.63, 3.8) is 0 Å². The minimum Gasteiger partial charge on any atom is -0.324 e. The van der Waals surface area contributed by atoms with Crippen LogP contribution in [-0.2, 0) is 4.79 Å². The van der Waals surface area contributed by atoms with Crippen molar-refractivity contribution in [1.29, 1.82) is 0 Å². The first-order valence-corrected chi connectivity index (χ1v) is 10.8. The lowest BCUT2D eigenvalue weighted by atomic mass is 10.2. The summed E-state index contributed by atoms with van der Waals surface area (Å²) < 4.78 is 16.1. The van der Waals surface area contributed by atoms with Crippen LogP contribution in [0, 0.1) is 5.82 Å². The molecule has 0 saturated heterocycles. The zero-order chi connectivity index (χ0) is 20.5. The molecule has 1 fully saturated rings. The molecule has 150 valence electrons. The van der Waals surface area contributed by atoms with E-state index in [1.54, 1.807) is 18.2 Å². The number of carbonyl (C=O) groups is 1. The Bertz CT molecular complexity index is 1090. The highest BCUT2D eigenvalue weighted by Crippen LogP contribution is 2.41. The summed E-state index contributed by atoms with van der Waals surface area (Å²) in [6.45, 7) is 0. The van der Waals surface area contributed by atoms with Gasteiger partial charge in [-0.15, -0.1) is 10.2 Å². The third-order valence-electron chi connectivity index (χ3n) is 4.31. The van der Waals surface area contributed by atoms with Gasteiger partial charge in [-0.3, -0.25) is 9.36 Å². The number of amides is 1. The smallest absolute Gasteiger partial charge is 0.234 e. The average Bonchev–Trinajstić information content (AvgIpc) is 3.44. The highest BCUT2D eigenvalue weighted by Gasteiger charge is 2.31. The van der Waals surface area contributed by atoms with E-state index in [2.05, 4.69) is 15.5 Å². The Morgan fingerprint density at radius 3 is 2.59 bits per heavy atom. The number of aromatic nitrogens is 3. The van der Waals surface area contributed by atoms with E-state index in [0.717, 1.165) is 12.8 Å². The lowest BCUT2D eigenvalue weighted by molar-refractivity contribution is -0.113. The number of hydrogen-bond acceptors (Lipinski definition) is 4. The fraction of sp³-hybridized carbons (Fsp3) is 0.211. The van der Waals surface area contributed by atoms with E-state index in [4.69, 9.17) is 34.8 Å². The molecule has 10 heteroatoms. The van der Waals surface area contributed by atoms with E-state index in [0.29, 0.717) is 37.3 Å². The van der Waals surface area contributed by atoms with Crippen molar-refractivity contribution in [3.8, 4) is 11.4 Å². The van der Waals surface area contributed by atoms with E-state index in [-0.39, 0.29) is 23.5 Å². The highest BCUT2D eigenvalue weighted by atomic mass is 35.5. The molecule has 0 spiro atoms. The molecular formula is C19H14Cl3FN4OS. The zero-order valence-electron chi connectivity index (χ0n) is 14.8. The maximum atomic E-state index is 14.2. The van der Waals surface area contributed by atoms with Gasteiger partial charge in [0.05, 0.1) is 32.1 Å². The Labute approximate surface area is 185 Å². The summed E-state index contributed by atoms with van der Waals surface area (Å²) in [5.74, 6) is -0.0851. The van der Waals surface area contributed by atoms with Crippen LogP contribution in [0.4, 0.5) is 10.1 Å². The van der Waals surface area contributed by atoms with Gasteiger partial charge in [0.15, 0.2) is 11.0 Å². The summed E-state index contributed by atoms with van der Waals surface area (Å²) >= 11 is 19.2. The van der Waals surface area contributed by atoms with Crippen molar-refractivity contribution in [2.24, 2.45) is 0 Å². The molecule has 3 aromatic rings. The van der Waals surface area contributed by atoms with Crippen LogP contribution in [0.5, 0.6) is 0 Å². The molecule has 1 saturated carbocycles. The predicted molar refractivity (Wildman–Crippen MR) is 115 cm³/mol. The lowest BCUT2D eigenvalue weighted by Crippen LogP contribution is -2.15. The number of anilines is 1. The van der Waals surface area contributed by atoms with Gasteiger partial charge >= 0.3 is 0 Å². The van der Waals surface area contributed by atoms with Gasteiger partial charge < -0.3 is 5.32 Å². The Balaban J connectivity index is 1.50. The van der Waals surface area contributed by atoms with Crippen LogP contribution in [0.15, 0.2) is 41.6 Å². The first-order chi connectivity index (χ1) is 13.9. The second-order valence-electron chi connectivity index (χ2n) is 6.47. The standard InChI is InChI=1S/C19H14Cl3FN4OS/c20-12-7-14(22)16(8-13(12)21)24-17(28)9-29-19-26-25-18(27(19)10-5-6-10)11-3-1-2-4-15(11)23/h1-4,7-8,10H,5-6,9H2,(H,24,28). The van der Waals surface area contributed by atoms with E-state index < -0.39 is 0 Å². The molecule has 1 amide bonds. The first kappa shape index (κ1) is 20.5. The van der Waals surface area contributed by atoms with Gasteiger partial charge in [-0.2, -0.15) is 0 Å². The van der Waals surface area contributed by atoms with E-state index >= 15 is 0 Å². The number of nitrogens with zero attached hydrogens (tertiary/aromatic N) is 3. The molecular weight excluding hydrogens is 458 g/mol. The van der Waals surface area contributed by atoms with Gasteiger partial charge in [0, 0.05) is 6.04 Å². The Hall–Kier alpha value is -1.80. The molecule has 1 aliphatic carbocycles. The summed E-state index contributed by atoms with van der Waals surface area (Å²) in [4.78, 5) is 12.4. The minimum atomic E-state index is -0.356. The summed E-state index contributed by atoms with van der Waals surface area (Å²) in [5, 5.41) is 12.5. The fourth-order valence-electron chi connectivity index (χ4n) is 2.80. The third-order valence-corrected chi connectivity index (χ3v) is 6.29. The number of thioether (sulfide) groups is 1. The molecule has 1 heterocycles. The monoisotopic (exact) mass is 470 g/mol. The van der Waals surface area contributed by atoms with E-state index in [1.165, 1.54) is 30.0 Å². The number of halogens is 4. The van der Waals surface area contributed by atoms with Gasteiger partial charge in [0.1, 0.15) is 5.82 Å². The average molecular weight is 472 g/mol. The van der Waals surface area contributed by atoms with Crippen LogP contribution >= 0.6 is 46.6 Å². The summed E-state index contributed by atoms with van der Waals surface area (Å²) in [5.41, 5.74) is 0.771. The largest absolute Gasteiger partial charge is 0.324 e. The first-order valence-electron chi connectivity index (χ1n) is 8.71. The van der Waals surface area contributed by atoms with Crippen LogP contribution in [-0.4, -0.2) is 26.4 Å². The van der Waals surface area contributed by atoms with Gasteiger partial charge in [0.25, 0.3) is 0 Å². The summed E-state index contributed by atoms with van der Waals surface area (Å²) in [6.07, 6.45) is 1.94. The molecule has 29 heavy (non-hydrogen) atoms. The molecule has 5 nitrogen and oxygen atoms in total. The van der Waals surface area contributed by atoms with Gasteiger partial charge in [-0.05, 0) is 37.1 Å². The third kappa shape index (κ3) is 4.53. The lowest BCUT2D eigenvalue weighted by Gasteiger charge is -2.10. The van der Waals surface area contributed by atoms with Gasteiger partial charge in [0.2, 0.25) is 5.91 Å². The van der Waals surface area contributed by atoms with E-state index in [1.807, 2.05) is 4.57 Å². The maximum Gasteiger partial charge on any atom is 0.234 e. The maximum absolute atomic E-state index is 14.2. The van der Waals surface area contributed by atoms with Crippen LogP contribution in [0.2, 0.25) is 15.1 Å². The molecule has 0 unspecified atom stereocenters. The van der Waals surface area contributed by atoms with Gasteiger partial charge in [-0.1, -0.05) is 58.7 Å². The van der Waals surface area contributed by atoms with Crippen LogP contribution in [0.3, 0.4) is 0 Å². The molecule has 0 aliphatic heterocycles. The van der Waals surface area contributed by atoms with Crippen molar-refractivity contribution in [1.82, 2.24) is 14.8 Å². The SMILES string of the molecule is O=C(CSc1nnc(-c2ccccc2F)n1C1CC1)Nc1cc(Cl)c(Cl)cc1Cl. The van der Waals surface area contributed by atoms with Crippen molar-refractivity contribution in [3.05, 3.63) is 57.3 Å². The topological polar surface area (TPSA) is 59.8 Å². The second kappa shape index (κ2) is 8.52. The van der Waals surface area contributed by atoms with E-state index in [9.17, 15) is 9.18 Å². The highest BCUT2D eigenvalue weighted by molar-refractivity contribution is 7.99. The Kier molecular flexibility index (Phi) is 6.01. The Morgan fingerprint density at radius 2 is 1.86 bits per heavy atom. The molecule has 1 aromatic heterocycles. The Morgan fingerprint density at radius 1 is 1.14 bits per heavy atom. The van der Waals surface area contributed by atoms with Crippen molar-refractivity contribution in [2.75, 3.05) is 11.1 Å². The molecule has 1 aliphatic rings. The van der Waals surface area contributed by atoms with Crippen molar-refractivity contribution in [2.45, 2.75) is 24.0 Å². The van der Waals surface area contributed by atoms with Crippen molar-refractivity contribution < 1.29 is 9.18 Å². The molecule has 0 bridgehead atoms. The van der Waals surface area contributed by atoms with Crippen LogP contribution in [0.1, 0.15) is 18.9 Å². The minimum absolute atomic E-state index is 0.0820. The second-order valence-corrected chi connectivity index (χ2v) is 8.63. The van der Waals surface area contributed by atoms with Crippen LogP contribution < -0.4 is 5.32 Å². The number of hydrogen-bond donors (Lipinski definition) is 1. The molecule has 4 rings (SSSR count). The van der Waals surface area contributed by atoms with Gasteiger partial charge in [-0.25, -0.2) is 4.39 Å². The number of nitrogens with one attached hydrogen (secondary N) is 1. The normalized spacial score (nSPS) is 13.5. The van der Waals surface area contributed by atoms with Crippen LogP contribution in [0.25, 0.3) is 11.4 Å². The molecule has 2 aromatic carbocycles. The molecule has 0 atom stereocenters. The fourth-order valence-corrected chi connectivity index (χ4v) is 4.20. The molecule has 1 N–H and O–H groups in total. The predicted octanol–water partition coefficient (Wildman–Crippen LogP) is 6.11. The summed E-state index contributed by atoms with van der Waals surface area (Å²) in [6, 6.07) is 9.63. The zero-order valence-corrected chi connectivity index (χ0v) is 17.9. The molecule has 0 radical (unpaired) electrons. The quantitative estimate of drug-likeness (QED) is 0.348. The number of benzene rings is 2. The number of rotatable bonds is 6.